The van der Waals surface area contributed by atoms with Crippen molar-refractivity contribution >= 4 is 79.8 Å². The second-order valence-corrected chi connectivity index (χ2v) is 15.4. The maximum Gasteiger partial charge on any atom is 0.322 e. The number of primary amides is 1. The molecule has 7 N–H and O–H groups in total. The standard InChI is InChI=1S/C30H42N6O11S3/c1-17(2)24(35-26(40)21(50(44,45)46)13-15-36-22(37)11-12-23(36)38)27(41)34-20(6-5-14-32-29(31)43)25(39)33-19-9-7-18(8-10-19)16-47-28(42)30(3,4)49-48/h7-12,17,20-21,24,48H,5-6,13-16H2,1-4H3,(H,33,39)(H,34,41)(H,35,40)(H3,31,32,43)(H,44,45,46)/t20-,21+,24-/m0/s1. The van der Waals surface area contributed by atoms with Crippen LogP contribution in [0.15, 0.2) is 36.4 Å². The van der Waals surface area contributed by atoms with Crippen LogP contribution < -0.4 is 27.0 Å². The Balaban J connectivity index is 2.16. The van der Waals surface area contributed by atoms with Crippen molar-refractivity contribution in [2.45, 2.75) is 75.6 Å². The Morgan fingerprint density at radius 1 is 0.980 bits per heavy atom. The minimum absolute atomic E-state index is 0.00314. The molecule has 0 fully saturated rings. The summed E-state index contributed by atoms with van der Waals surface area (Å²) in [7, 11) is -4.00. The zero-order chi connectivity index (χ0) is 37.8. The molecule has 1 aliphatic rings. The third-order valence-corrected chi connectivity index (χ3v) is 10.5. The molecular weight excluding hydrogens is 717 g/mol. The number of ether oxygens (including phenoxy) is 1. The van der Waals surface area contributed by atoms with Crippen molar-refractivity contribution in [1.29, 1.82) is 0 Å². The van der Waals surface area contributed by atoms with Gasteiger partial charge in [0.2, 0.25) is 17.7 Å². The largest absolute Gasteiger partial charge is 0.460 e. The van der Waals surface area contributed by atoms with E-state index in [1.165, 1.54) is 0 Å². The molecule has 276 valence electrons. The van der Waals surface area contributed by atoms with Gasteiger partial charge in [-0.05, 0) is 56.7 Å². The molecule has 20 heteroatoms. The van der Waals surface area contributed by atoms with Crippen LogP contribution in [0.5, 0.6) is 0 Å². The van der Waals surface area contributed by atoms with Gasteiger partial charge in [-0.1, -0.05) is 36.8 Å². The van der Waals surface area contributed by atoms with Crippen LogP contribution in [-0.2, 0) is 50.2 Å². The molecule has 0 bridgehead atoms. The Labute approximate surface area is 298 Å². The third kappa shape index (κ3) is 13.0. The number of thiol groups is 1. The SMILES string of the molecule is CC(C)[C@H](NC(=O)[C@@H](CCN1C(=O)C=CC1=O)S(=O)(=O)O)C(=O)N[C@@H](CCCNC(N)=O)C(=O)Nc1ccc(COC(=O)C(C)(C)SS)cc1. The zero-order valence-corrected chi connectivity index (χ0v) is 30.4. The van der Waals surface area contributed by atoms with Crippen LogP contribution in [0, 0.1) is 5.92 Å². The van der Waals surface area contributed by atoms with Gasteiger partial charge in [0.05, 0.1) is 0 Å². The molecule has 0 unspecified atom stereocenters. The molecule has 2 rings (SSSR count). The van der Waals surface area contributed by atoms with E-state index < -0.39 is 92.6 Å². The fraction of sp³-hybridized carbons (Fsp3) is 0.500. The summed E-state index contributed by atoms with van der Waals surface area (Å²) in [6, 6.07) is 2.95. The molecule has 7 amide bonds. The number of nitrogens with two attached hydrogens (primary N) is 1. The minimum Gasteiger partial charge on any atom is -0.460 e. The number of hydrogen-bond donors (Lipinski definition) is 7. The van der Waals surface area contributed by atoms with Gasteiger partial charge < -0.3 is 31.7 Å². The van der Waals surface area contributed by atoms with Crippen molar-refractivity contribution in [3.8, 4) is 0 Å². The number of amides is 7. The number of carbonyl (C=O) groups excluding carboxylic acids is 7. The summed E-state index contributed by atoms with van der Waals surface area (Å²) in [6.07, 6.45) is 1.49. The Morgan fingerprint density at radius 3 is 2.10 bits per heavy atom. The second kappa shape index (κ2) is 18.7. The fourth-order valence-corrected chi connectivity index (χ4v) is 5.51. The first-order valence-electron chi connectivity index (χ1n) is 15.3. The highest BCUT2D eigenvalue weighted by Crippen LogP contribution is 2.29. The molecule has 0 aliphatic carbocycles. The van der Waals surface area contributed by atoms with Gasteiger partial charge in [0.25, 0.3) is 21.9 Å². The average Bonchev–Trinajstić information content (AvgIpc) is 3.35. The van der Waals surface area contributed by atoms with Gasteiger partial charge in [0.1, 0.15) is 23.4 Å². The molecular formula is C30H42N6O11S3. The Kier molecular flexibility index (Phi) is 15.8. The summed E-state index contributed by atoms with van der Waals surface area (Å²) >= 11 is 4.07. The first kappa shape index (κ1) is 42.0. The summed E-state index contributed by atoms with van der Waals surface area (Å²) in [5.74, 6) is -5.34. The normalized spacial score (nSPS) is 14.9. The number of hydrogen-bond acceptors (Lipinski definition) is 12. The van der Waals surface area contributed by atoms with Crippen LogP contribution in [0.25, 0.3) is 0 Å². The lowest BCUT2D eigenvalue weighted by atomic mass is 10.0. The van der Waals surface area contributed by atoms with E-state index in [4.69, 9.17) is 10.5 Å². The molecule has 1 aromatic rings. The first-order chi connectivity index (χ1) is 23.3. The van der Waals surface area contributed by atoms with E-state index in [1.54, 1.807) is 52.0 Å². The van der Waals surface area contributed by atoms with Crippen LogP contribution in [0.4, 0.5) is 10.5 Å². The number of anilines is 1. The number of rotatable bonds is 19. The number of imide groups is 1. The first-order valence-corrected chi connectivity index (χ1v) is 18.7. The van der Waals surface area contributed by atoms with Gasteiger partial charge in [-0.15, -0.1) is 11.7 Å². The van der Waals surface area contributed by atoms with E-state index in [0.29, 0.717) is 16.2 Å². The average molecular weight is 759 g/mol. The van der Waals surface area contributed by atoms with Gasteiger partial charge in [-0.25, -0.2) is 4.79 Å². The monoisotopic (exact) mass is 758 g/mol. The maximum absolute atomic E-state index is 13.5. The lowest BCUT2D eigenvalue weighted by molar-refractivity contribution is -0.147. The number of esters is 1. The van der Waals surface area contributed by atoms with Gasteiger partial charge in [-0.2, -0.15) is 8.42 Å². The molecule has 0 aromatic heterocycles. The van der Waals surface area contributed by atoms with Gasteiger partial charge >= 0.3 is 12.0 Å². The van der Waals surface area contributed by atoms with E-state index >= 15 is 0 Å². The van der Waals surface area contributed by atoms with E-state index in [1.807, 2.05) is 0 Å². The highest BCUT2D eigenvalue weighted by Gasteiger charge is 2.37. The lowest BCUT2D eigenvalue weighted by Crippen LogP contribution is -2.56. The predicted molar refractivity (Wildman–Crippen MR) is 187 cm³/mol. The van der Waals surface area contributed by atoms with Crippen molar-refractivity contribution in [3.63, 3.8) is 0 Å². The smallest absolute Gasteiger partial charge is 0.322 e. The summed E-state index contributed by atoms with van der Waals surface area (Å²) in [5.41, 5.74) is 6.07. The molecule has 50 heavy (non-hydrogen) atoms. The fourth-order valence-electron chi connectivity index (χ4n) is 4.42. The quantitative estimate of drug-likeness (QED) is 0.0257. The summed E-state index contributed by atoms with van der Waals surface area (Å²) < 4.78 is 38.4. The molecule has 0 spiro atoms. The van der Waals surface area contributed by atoms with Crippen molar-refractivity contribution < 1.29 is 51.3 Å². The number of nitrogens with zero attached hydrogens (tertiary/aromatic N) is 1. The van der Waals surface area contributed by atoms with Crippen LogP contribution in [0.1, 0.15) is 52.5 Å². The van der Waals surface area contributed by atoms with Crippen LogP contribution in [0.3, 0.4) is 0 Å². The second-order valence-electron chi connectivity index (χ2n) is 12.0. The molecule has 1 aromatic carbocycles. The van der Waals surface area contributed by atoms with E-state index in [2.05, 4.69) is 32.9 Å². The highest BCUT2D eigenvalue weighted by molar-refractivity contribution is 8.69. The van der Waals surface area contributed by atoms with Gasteiger partial charge in [-0.3, -0.25) is 38.2 Å². The topological polar surface area (TPSA) is 260 Å². The van der Waals surface area contributed by atoms with Crippen molar-refractivity contribution in [1.82, 2.24) is 20.9 Å². The molecule has 1 aliphatic heterocycles. The number of nitrogens with one attached hydrogen (secondary N) is 4. The lowest BCUT2D eigenvalue weighted by Gasteiger charge is -2.27. The van der Waals surface area contributed by atoms with Crippen LogP contribution in [-0.4, -0.2) is 94.6 Å². The van der Waals surface area contributed by atoms with Crippen molar-refractivity contribution in [2.75, 3.05) is 18.4 Å². The molecule has 0 saturated heterocycles. The minimum atomic E-state index is -5.05. The predicted octanol–water partition coefficient (Wildman–Crippen LogP) is 0.671. The van der Waals surface area contributed by atoms with Crippen LogP contribution >= 0.6 is 22.5 Å². The molecule has 0 saturated carbocycles. The summed E-state index contributed by atoms with van der Waals surface area (Å²) in [5, 5.41) is 7.76. The highest BCUT2D eigenvalue weighted by atomic mass is 33.1. The van der Waals surface area contributed by atoms with E-state index in [0.717, 1.165) is 22.9 Å². The van der Waals surface area contributed by atoms with E-state index in [9.17, 15) is 46.5 Å². The maximum atomic E-state index is 13.5. The molecule has 0 radical (unpaired) electrons. The summed E-state index contributed by atoms with van der Waals surface area (Å²) in [6.45, 7) is 5.97. The number of benzene rings is 1. The Hall–Kier alpha value is -4.14. The zero-order valence-electron chi connectivity index (χ0n) is 27.8. The number of urea groups is 1. The molecule has 3 atom stereocenters. The summed E-state index contributed by atoms with van der Waals surface area (Å²) in [4.78, 5) is 87.6. The van der Waals surface area contributed by atoms with Gasteiger partial charge in [0.15, 0.2) is 5.25 Å². The van der Waals surface area contributed by atoms with Crippen molar-refractivity contribution in [3.05, 3.63) is 42.0 Å². The number of carbonyl (C=O) groups is 7. The molecule has 17 nitrogen and oxygen atoms in total. The van der Waals surface area contributed by atoms with Crippen molar-refractivity contribution in [2.24, 2.45) is 11.7 Å². The van der Waals surface area contributed by atoms with E-state index in [-0.39, 0.29) is 26.0 Å². The van der Waals surface area contributed by atoms with Crippen LogP contribution in [0.2, 0.25) is 0 Å². The van der Waals surface area contributed by atoms with Gasteiger partial charge in [0, 0.05) is 30.9 Å². The molecule has 1 heterocycles. The Morgan fingerprint density at radius 2 is 1.58 bits per heavy atom. The third-order valence-electron chi connectivity index (χ3n) is 7.33. The Bertz CT molecular complexity index is 1560.